The van der Waals surface area contributed by atoms with Crippen molar-refractivity contribution in [2.24, 2.45) is 0 Å². The number of pyridine rings is 1. The predicted molar refractivity (Wildman–Crippen MR) is 120 cm³/mol. The summed E-state index contributed by atoms with van der Waals surface area (Å²) in [6.07, 6.45) is 1.71. The molecule has 0 spiro atoms. The lowest BCUT2D eigenvalue weighted by Crippen LogP contribution is -2.43. The summed E-state index contributed by atoms with van der Waals surface area (Å²) < 4.78 is 5.14. The number of urea groups is 1. The smallest absolute Gasteiger partial charge is 0.325 e. The number of hydrogen-bond donors (Lipinski definition) is 2. The SMILES string of the molecule is CCN(CC)c1ccc(CNC(=O)CN2C(=O)NC(C)(c3ccc(OC)cc3)C2=O)cn1. The summed E-state index contributed by atoms with van der Waals surface area (Å²) in [6.45, 7) is 7.37. The van der Waals surface area contributed by atoms with Crippen molar-refractivity contribution in [3.63, 3.8) is 0 Å². The third kappa shape index (κ3) is 4.66. The van der Waals surface area contributed by atoms with E-state index in [2.05, 4.69) is 34.4 Å². The molecule has 0 radical (unpaired) electrons. The van der Waals surface area contributed by atoms with E-state index in [1.165, 1.54) is 0 Å². The first-order valence-electron chi connectivity index (χ1n) is 10.6. The first-order chi connectivity index (χ1) is 15.3. The van der Waals surface area contributed by atoms with Gasteiger partial charge in [0.05, 0.1) is 7.11 Å². The first kappa shape index (κ1) is 23.1. The molecule has 1 aromatic carbocycles. The topological polar surface area (TPSA) is 104 Å². The Kier molecular flexibility index (Phi) is 6.97. The largest absolute Gasteiger partial charge is 0.497 e. The molecule has 1 aliphatic heterocycles. The van der Waals surface area contributed by atoms with E-state index in [1.54, 1.807) is 44.5 Å². The average molecular weight is 440 g/mol. The number of carbonyl (C=O) groups excluding carboxylic acids is 3. The van der Waals surface area contributed by atoms with Gasteiger partial charge in [0.15, 0.2) is 0 Å². The van der Waals surface area contributed by atoms with Gasteiger partial charge in [0.25, 0.3) is 5.91 Å². The number of nitrogens with one attached hydrogen (secondary N) is 2. The van der Waals surface area contributed by atoms with Gasteiger partial charge >= 0.3 is 6.03 Å². The number of rotatable bonds is 9. The Morgan fingerprint density at radius 2 is 1.84 bits per heavy atom. The fourth-order valence-electron chi connectivity index (χ4n) is 3.62. The van der Waals surface area contributed by atoms with E-state index in [1.807, 2.05) is 12.1 Å². The molecule has 2 aromatic rings. The number of ether oxygens (including phenoxy) is 1. The molecule has 1 aromatic heterocycles. The molecule has 1 saturated heterocycles. The molecule has 9 nitrogen and oxygen atoms in total. The zero-order valence-corrected chi connectivity index (χ0v) is 18.8. The van der Waals surface area contributed by atoms with Crippen LogP contribution in [-0.2, 0) is 21.7 Å². The number of hydrogen-bond acceptors (Lipinski definition) is 6. The van der Waals surface area contributed by atoms with E-state index in [4.69, 9.17) is 4.74 Å². The van der Waals surface area contributed by atoms with E-state index >= 15 is 0 Å². The number of amides is 4. The normalized spacial score (nSPS) is 17.8. The maximum Gasteiger partial charge on any atom is 0.325 e. The minimum atomic E-state index is -1.24. The van der Waals surface area contributed by atoms with Crippen molar-refractivity contribution in [3.8, 4) is 5.75 Å². The predicted octanol–water partition coefficient (Wildman–Crippen LogP) is 2.02. The number of imide groups is 1. The maximum absolute atomic E-state index is 13.0. The third-order valence-electron chi connectivity index (χ3n) is 5.63. The van der Waals surface area contributed by atoms with Gasteiger partial charge < -0.3 is 20.3 Å². The van der Waals surface area contributed by atoms with Crippen LogP contribution in [0.15, 0.2) is 42.6 Å². The van der Waals surface area contributed by atoms with Crippen LogP contribution in [0.5, 0.6) is 5.75 Å². The van der Waals surface area contributed by atoms with Crippen LogP contribution in [-0.4, -0.2) is 54.5 Å². The molecule has 0 bridgehead atoms. The summed E-state index contributed by atoms with van der Waals surface area (Å²) >= 11 is 0. The van der Waals surface area contributed by atoms with Crippen LogP contribution in [0.2, 0.25) is 0 Å². The van der Waals surface area contributed by atoms with Crippen LogP contribution >= 0.6 is 0 Å². The number of carbonyl (C=O) groups is 3. The number of aromatic nitrogens is 1. The highest BCUT2D eigenvalue weighted by Gasteiger charge is 2.49. The molecule has 170 valence electrons. The molecule has 2 N–H and O–H groups in total. The maximum atomic E-state index is 13.0. The zero-order chi connectivity index (χ0) is 23.3. The van der Waals surface area contributed by atoms with Crippen molar-refractivity contribution in [3.05, 3.63) is 53.7 Å². The molecule has 9 heteroatoms. The standard InChI is InChI=1S/C23H29N5O4/c1-5-27(6-2)19-12-7-16(13-24-19)14-25-20(29)15-28-21(30)23(3,26-22(28)31)17-8-10-18(32-4)11-9-17/h7-13H,5-6,14-15H2,1-4H3,(H,25,29)(H,26,31). The minimum Gasteiger partial charge on any atom is -0.497 e. The van der Waals surface area contributed by atoms with Crippen molar-refractivity contribution in [1.82, 2.24) is 20.5 Å². The molecule has 1 aliphatic rings. The Morgan fingerprint density at radius 1 is 1.16 bits per heavy atom. The Hall–Kier alpha value is -3.62. The second kappa shape index (κ2) is 9.67. The van der Waals surface area contributed by atoms with E-state index < -0.39 is 23.4 Å². The Bertz CT molecular complexity index is 973. The molecule has 1 fully saturated rings. The van der Waals surface area contributed by atoms with Gasteiger partial charge in [-0.3, -0.25) is 14.5 Å². The number of nitrogens with zero attached hydrogens (tertiary/aromatic N) is 3. The zero-order valence-electron chi connectivity index (χ0n) is 18.8. The summed E-state index contributed by atoms with van der Waals surface area (Å²) in [7, 11) is 1.55. The lowest BCUT2D eigenvalue weighted by Gasteiger charge is -2.22. The third-order valence-corrected chi connectivity index (χ3v) is 5.63. The summed E-state index contributed by atoms with van der Waals surface area (Å²) in [5.74, 6) is 0.612. The molecule has 3 rings (SSSR count). The average Bonchev–Trinajstić information content (AvgIpc) is 3.03. The van der Waals surface area contributed by atoms with Crippen molar-refractivity contribution < 1.29 is 19.1 Å². The lowest BCUT2D eigenvalue weighted by molar-refractivity contribution is -0.134. The molecule has 1 unspecified atom stereocenters. The lowest BCUT2D eigenvalue weighted by atomic mass is 9.92. The highest BCUT2D eigenvalue weighted by molar-refractivity contribution is 6.09. The minimum absolute atomic E-state index is 0.254. The van der Waals surface area contributed by atoms with Crippen molar-refractivity contribution in [2.45, 2.75) is 32.9 Å². The number of anilines is 1. The van der Waals surface area contributed by atoms with Crippen molar-refractivity contribution >= 4 is 23.7 Å². The van der Waals surface area contributed by atoms with Gasteiger partial charge in [-0.1, -0.05) is 18.2 Å². The Balaban J connectivity index is 1.60. The fourth-order valence-corrected chi connectivity index (χ4v) is 3.62. The number of methoxy groups -OCH3 is 1. The fraction of sp³-hybridized carbons (Fsp3) is 0.391. The summed E-state index contributed by atoms with van der Waals surface area (Å²) in [5.41, 5.74) is 0.196. The summed E-state index contributed by atoms with van der Waals surface area (Å²) in [6, 6.07) is 10.1. The van der Waals surface area contributed by atoms with Crippen LogP contribution in [0.4, 0.5) is 10.6 Å². The molecule has 0 saturated carbocycles. The molecular formula is C23H29N5O4. The molecule has 4 amide bonds. The van der Waals surface area contributed by atoms with E-state index in [9.17, 15) is 14.4 Å². The van der Waals surface area contributed by atoms with Crippen LogP contribution in [0, 0.1) is 0 Å². The Morgan fingerprint density at radius 3 is 2.41 bits per heavy atom. The number of benzene rings is 1. The van der Waals surface area contributed by atoms with Crippen molar-refractivity contribution in [2.75, 3.05) is 31.6 Å². The van der Waals surface area contributed by atoms with Crippen LogP contribution in [0.25, 0.3) is 0 Å². The molecular weight excluding hydrogens is 410 g/mol. The quantitative estimate of drug-likeness (QED) is 0.580. The van der Waals surface area contributed by atoms with Gasteiger partial charge in [0, 0.05) is 25.8 Å². The van der Waals surface area contributed by atoms with Gasteiger partial charge in [-0.15, -0.1) is 0 Å². The highest BCUT2D eigenvalue weighted by atomic mass is 16.5. The summed E-state index contributed by atoms with van der Waals surface area (Å²) in [4.78, 5) is 45.3. The van der Waals surface area contributed by atoms with E-state index in [-0.39, 0.29) is 13.1 Å². The first-order valence-corrected chi connectivity index (χ1v) is 10.6. The Labute approximate surface area is 187 Å². The van der Waals surface area contributed by atoms with E-state index in [0.29, 0.717) is 11.3 Å². The van der Waals surface area contributed by atoms with Crippen molar-refractivity contribution in [1.29, 1.82) is 0 Å². The summed E-state index contributed by atoms with van der Waals surface area (Å²) in [5, 5.41) is 5.44. The monoisotopic (exact) mass is 439 g/mol. The highest BCUT2D eigenvalue weighted by Crippen LogP contribution is 2.29. The van der Waals surface area contributed by atoms with E-state index in [0.717, 1.165) is 29.4 Å². The van der Waals surface area contributed by atoms with Gasteiger partial charge in [0.2, 0.25) is 5.91 Å². The van der Waals surface area contributed by atoms with Crippen LogP contribution in [0.3, 0.4) is 0 Å². The molecule has 1 atom stereocenters. The van der Waals surface area contributed by atoms with Crippen LogP contribution in [0.1, 0.15) is 31.9 Å². The van der Waals surface area contributed by atoms with Gasteiger partial charge in [-0.2, -0.15) is 0 Å². The molecule has 32 heavy (non-hydrogen) atoms. The van der Waals surface area contributed by atoms with Gasteiger partial charge in [0.1, 0.15) is 23.7 Å². The van der Waals surface area contributed by atoms with Gasteiger partial charge in [-0.25, -0.2) is 9.78 Å². The van der Waals surface area contributed by atoms with Crippen LogP contribution < -0.4 is 20.3 Å². The molecule has 0 aliphatic carbocycles. The second-order valence-electron chi connectivity index (χ2n) is 7.65. The molecule has 2 heterocycles. The van der Waals surface area contributed by atoms with Gasteiger partial charge in [-0.05, 0) is 50.1 Å². The second-order valence-corrected chi connectivity index (χ2v) is 7.65.